The highest BCUT2D eigenvalue weighted by atomic mass is 19.1. The van der Waals surface area contributed by atoms with Crippen LogP contribution >= 0.6 is 0 Å². The molecule has 1 amide bonds. The van der Waals surface area contributed by atoms with Gasteiger partial charge in [-0.1, -0.05) is 0 Å². The fourth-order valence-corrected chi connectivity index (χ4v) is 2.44. The number of halogens is 1. The first-order valence-electron chi connectivity index (χ1n) is 6.18. The van der Waals surface area contributed by atoms with E-state index in [1.165, 1.54) is 6.07 Å². The molecule has 6 nitrogen and oxygen atoms in total. The Morgan fingerprint density at radius 3 is 3.10 bits per heavy atom. The van der Waals surface area contributed by atoms with Crippen molar-refractivity contribution in [3.8, 4) is 6.07 Å². The first-order chi connectivity index (χ1) is 9.60. The molecular weight excluding hydrogens is 265 g/mol. The second-order valence-electron chi connectivity index (χ2n) is 4.72. The van der Waals surface area contributed by atoms with Crippen molar-refractivity contribution in [3.05, 3.63) is 23.5 Å². The van der Waals surface area contributed by atoms with Gasteiger partial charge in [0.1, 0.15) is 5.82 Å². The molecule has 7 heteroatoms. The summed E-state index contributed by atoms with van der Waals surface area (Å²) in [5.74, 6) is -1.09. The molecule has 1 aromatic rings. The molecule has 1 saturated heterocycles. The van der Waals surface area contributed by atoms with E-state index in [1.54, 1.807) is 4.90 Å². The first-order valence-corrected chi connectivity index (χ1v) is 6.18. The summed E-state index contributed by atoms with van der Waals surface area (Å²) in [6.07, 6.45) is -1.93. The van der Waals surface area contributed by atoms with E-state index < -0.39 is 23.9 Å². The molecule has 2 aliphatic rings. The lowest BCUT2D eigenvalue weighted by Gasteiger charge is -2.32. The van der Waals surface area contributed by atoms with E-state index in [4.69, 9.17) is 10.00 Å². The summed E-state index contributed by atoms with van der Waals surface area (Å²) in [6, 6.07) is 4.63. The standard InChI is InChI=1S/C13H12FN3O3/c14-9-3-8-10(16-13(19)12(8)18)4-11(9)17-1-2-20-7(5-15)6-17/h3-4,7,12,18H,1-2,6H2,(H,16,19). The summed E-state index contributed by atoms with van der Waals surface area (Å²) in [6.45, 7) is 1.07. The molecule has 0 spiro atoms. The Hall–Kier alpha value is -2.17. The van der Waals surface area contributed by atoms with Gasteiger partial charge < -0.3 is 20.1 Å². The van der Waals surface area contributed by atoms with E-state index in [0.29, 0.717) is 24.5 Å². The van der Waals surface area contributed by atoms with Crippen LogP contribution in [0.3, 0.4) is 0 Å². The number of carbonyl (C=O) groups excluding carboxylic acids is 1. The summed E-state index contributed by atoms with van der Waals surface area (Å²) in [5, 5.41) is 21.0. The molecule has 3 rings (SSSR count). The number of anilines is 2. The number of aliphatic hydroxyl groups excluding tert-OH is 1. The maximum atomic E-state index is 14.1. The average Bonchev–Trinajstić information content (AvgIpc) is 2.73. The van der Waals surface area contributed by atoms with E-state index in [-0.39, 0.29) is 12.1 Å². The van der Waals surface area contributed by atoms with Crippen LogP contribution < -0.4 is 10.2 Å². The third-order valence-corrected chi connectivity index (χ3v) is 3.47. The van der Waals surface area contributed by atoms with Crippen LogP contribution in [-0.4, -0.2) is 36.8 Å². The number of nitrogens with one attached hydrogen (secondary N) is 1. The van der Waals surface area contributed by atoms with Gasteiger partial charge in [-0.2, -0.15) is 5.26 Å². The molecule has 20 heavy (non-hydrogen) atoms. The number of rotatable bonds is 1. The number of nitriles is 1. The number of hydrogen-bond donors (Lipinski definition) is 2. The zero-order valence-corrected chi connectivity index (χ0v) is 10.5. The van der Waals surface area contributed by atoms with Gasteiger partial charge in [-0.3, -0.25) is 4.79 Å². The Morgan fingerprint density at radius 2 is 2.35 bits per heavy atom. The summed E-state index contributed by atoms with van der Waals surface area (Å²) in [4.78, 5) is 13.1. The molecule has 2 N–H and O–H groups in total. The fraction of sp³-hybridized carbons (Fsp3) is 0.385. The maximum Gasteiger partial charge on any atom is 0.257 e. The third kappa shape index (κ3) is 1.99. The summed E-state index contributed by atoms with van der Waals surface area (Å²) < 4.78 is 19.4. The van der Waals surface area contributed by atoms with E-state index in [2.05, 4.69) is 5.32 Å². The minimum absolute atomic E-state index is 0.237. The third-order valence-electron chi connectivity index (χ3n) is 3.47. The van der Waals surface area contributed by atoms with Gasteiger partial charge in [0, 0.05) is 17.8 Å². The Labute approximate surface area is 114 Å². The highest BCUT2D eigenvalue weighted by molar-refractivity contribution is 6.02. The lowest BCUT2D eigenvalue weighted by molar-refractivity contribution is -0.123. The average molecular weight is 277 g/mol. The summed E-state index contributed by atoms with van der Waals surface area (Å²) in [7, 11) is 0. The smallest absolute Gasteiger partial charge is 0.257 e. The monoisotopic (exact) mass is 277 g/mol. The Bertz CT molecular complexity index is 614. The largest absolute Gasteiger partial charge is 0.378 e. The molecule has 0 bridgehead atoms. The van der Waals surface area contributed by atoms with E-state index >= 15 is 0 Å². The number of nitrogens with zero attached hydrogens (tertiary/aromatic N) is 2. The van der Waals surface area contributed by atoms with Crippen LogP contribution in [0.4, 0.5) is 15.8 Å². The lowest BCUT2D eigenvalue weighted by atomic mass is 10.1. The number of benzene rings is 1. The van der Waals surface area contributed by atoms with Crippen molar-refractivity contribution in [2.75, 3.05) is 29.9 Å². The SMILES string of the molecule is N#CC1CN(c2cc3c(cc2F)C(O)C(=O)N3)CCO1. The first kappa shape index (κ1) is 12.8. The number of fused-ring (bicyclic) bond motifs is 1. The number of ether oxygens (including phenoxy) is 1. The predicted octanol–water partition coefficient (Wildman–Crippen LogP) is 0.540. The highest BCUT2D eigenvalue weighted by Crippen LogP contribution is 2.36. The van der Waals surface area contributed by atoms with Crippen LogP contribution in [0.2, 0.25) is 0 Å². The molecule has 1 aromatic carbocycles. The fourth-order valence-electron chi connectivity index (χ4n) is 2.44. The number of amides is 1. The Kier molecular flexibility index (Phi) is 3.04. The molecule has 0 radical (unpaired) electrons. The molecule has 0 saturated carbocycles. The summed E-state index contributed by atoms with van der Waals surface area (Å²) in [5.41, 5.74) is 0.932. The van der Waals surface area contributed by atoms with Crippen molar-refractivity contribution in [2.45, 2.75) is 12.2 Å². The summed E-state index contributed by atoms with van der Waals surface area (Å²) >= 11 is 0. The van der Waals surface area contributed by atoms with Crippen LogP contribution in [0.15, 0.2) is 12.1 Å². The lowest BCUT2D eigenvalue weighted by Crippen LogP contribution is -2.42. The quantitative estimate of drug-likeness (QED) is 0.782. The van der Waals surface area contributed by atoms with Gasteiger partial charge in [0.05, 0.1) is 24.9 Å². The molecule has 104 valence electrons. The van der Waals surface area contributed by atoms with Gasteiger partial charge in [0.15, 0.2) is 12.2 Å². The Morgan fingerprint density at radius 1 is 1.55 bits per heavy atom. The van der Waals surface area contributed by atoms with Crippen molar-refractivity contribution < 1.29 is 19.0 Å². The van der Waals surface area contributed by atoms with Crippen LogP contribution in [0.5, 0.6) is 0 Å². The van der Waals surface area contributed by atoms with Gasteiger partial charge >= 0.3 is 0 Å². The van der Waals surface area contributed by atoms with Crippen molar-refractivity contribution >= 4 is 17.3 Å². The molecular formula is C13H12FN3O3. The minimum atomic E-state index is -1.33. The van der Waals surface area contributed by atoms with Gasteiger partial charge in [0.2, 0.25) is 0 Å². The van der Waals surface area contributed by atoms with Crippen LogP contribution in [0.1, 0.15) is 11.7 Å². The van der Waals surface area contributed by atoms with Crippen molar-refractivity contribution in [1.82, 2.24) is 0 Å². The van der Waals surface area contributed by atoms with Gasteiger partial charge in [-0.15, -0.1) is 0 Å². The van der Waals surface area contributed by atoms with Gasteiger partial charge in [-0.25, -0.2) is 4.39 Å². The minimum Gasteiger partial charge on any atom is -0.378 e. The topological polar surface area (TPSA) is 85.6 Å². The van der Waals surface area contributed by atoms with Crippen molar-refractivity contribution in [2.24, 2.45) is 0 Å². The van der Waals surface area contributed by atoms with Crippen LogP contribution in [0.25, 0.3) is 0 Å². The normalized spacial score (nSPS) is 25.1. The second kappa shape index (κ2) is 4.74. The van der Waals surface area contributed by atoms with Gasteiger partial charge in [0.25, 0.3) is 5.91 Å². The zero-order chi connectivity index (χ0) is 14.3. The molecule has 0 aliphatic carbocycles. The number of carbonyl (C=O) groups is 1. The zero-order valence-electron chi connectivity index (χ0n) is 10.5. The Balaban J connectivity index is 1.94. The molecule has 2 unspecified atom stereocenters. The van der Waals surface area contributed by atoms with Crippen LogP contribution in [0, 0.1) is 17.1 Å². The number of morpholine rings is 1. The van der Waals surface area contributed by atoms with E-state index in [9.17, 15) is 14.3 Å². The molecule has 0 aromatic heterocycles. The van der Waals surface area contributed by atoms with Crippen molar-refractivity contribution in [1.29, 1.82) is 5.26 Å². The molecule has 2 atom stereocenters. The number of aliphatic hydroxyl groups is 1. The van der Waals surface area contributed by atoms with Crippen molar-refractivity contribution in [3.63, 3.8) is 0 Å². The molecule has 2 aliphatic heterocycles. The second-order valence-corrected chi connectivity index (χ2v) is 4.72. The van der Waals surface area contributed by atoms with E-state index in [1.807, 2.05) is 6.07 Å². The maximum absolute atomic E-state index is 14.1. The van der Waals surface area contributed by atoms with E-state index in [0.717, 1.165) is 6.07 Å². The molecule has 2 heterocycles. The highest BCUT2D eigenvalue weighted by Gasteiger charge is 2.31. The number of hydrogen-bond acceptors (Lipinski definition) is 5. The van der Waals surface area contributed by atoms with Gasteiger partial charge in [-0.05, 0) is 12.1 Å². The molecule has 1 fully saturated rings. The predicted molar refractivity (Wildman–Crippen MR) is 67.6 cm³/mol. The van der Waals surface area contributed by atoms with Crippen LogP contribution in [-0.2, 0) is 9.53 Å².